The van der Waals surface area contributed by atoms with Crippen LogP contribution in [0.4, 0.5) is 0 Å². The first-order valence-corrected chi connectivity index (χ1v) is 11.3. The fourth-order valence-electron chi connectivity index (χ4n) is 2.74. The number of ether oxygens (including phenoxy) is 2. The van der Waals surface area contributed by atoms with E-state index in [-0.39, 0.29) is 11.9 Å². The van der Waals surface area contributed by atoms with Gasteiger partial charge in [0.2, 0.25) is 10.0 Å². The Balaban J connectivity index is 2.16. The van der Waals surface area contributed by atoms with Crippen LogP contribution in [0.15, 0.2) is 4.99 Å². The number of rotatable bonds is 13. The summed E-state index contributed by atoms with van der Waals surface area (Å²) >= 11 is 0. The molecule has 0 aromatic carbocycles. The van der Waals surface area contributed by atoms with E-state index in [0.717, 1.165) is 58.5 Å². The summed E-state index contributed by atoms with van der Waals surface area (Å²) in [5.74, 6) is 0.600. The molecular formula is C17H37N5O4S. The van der Waals surface area contributed by atoms with E-state index in [4.69, 9.17) is 9.47 Å². The molecule has 1 aliphatic rings. The molecule has 3 N–H and O–H groups in total. The Kier molecular flexibility index (Phi) is 12.6. The first-order chi connectivity index (χ1) is 13.0. The van der Waals surface area contributed by atoms with E-state index in [0.29, 0.717) is 19.0 Å². The lowest BCUT2D eigenvalue weighted by Gasteiger charge is -2.22. The van der Waals surface area contributed by atoms with Crippen molar-refractivity contribution in [1.82, 2.24) is 20.3 Å². The second kappa shape index (κ2) is 14.1. The number of sulfonamides is 1. The molecule has 1 rings (SSSR count). The molecule has 10 heteroatoms. The summed E-state index contributed by atoms with van der Waals surface area (Å²) in [6.07, 6.45) is 4.06. The first kappa shape index (κ1) is 24.1. The molecule has 1 unspecified atom stereocenters. The maximum atomic E-state index is 12.1. The molecule has 1 heterocycles. The average molecular weight is 408 g/mol. The maximum Gasteiger partial charge on any atom is 0.213 e. The maximum absolute atomic E-state index is 12.1. The van der Waals surface area contributed by atoms with Gasteiger partial charge in [-0.2, -0.15) is 0 Å². The van der Waals surface area contributed by atoms with Gasteiger partial charge in [-0.15, -0.1) is 0 Å². The standard InChI is InChI=1S/C17H37N5O4S/c1-18-17(19-8-11-22(2)10-6-12-25-3)20-9-14-27(23,24)21-15-16-7-4-5-13-26-16/h16,21H,4-15H2,1-3H3,(H2,18,19,20). The van der Waals surface area contributed by atoms with Gasteiger partial charge in [-0.25, -0.2) is 13.1 Å². The molecule has 0 aliphatic carbocycles. The van der Waals surface area contributed by atoms with Gasteiger partial charge in [0, 0.05) is 60.1 Å². The van der Waals surface area contributed by atoms with Crippen LogP contribution in [0.1, 0.15) is 25.7 Å². The average Bonchev–Trinajstić information content (AvgIpc) is 2.66. The van der Waals surface area contributed by atoms with E-state index < -0.39 is 10.0 Å². The van der Waals surface area contributed by atoms with Gasteiger partial charge >= 0.3 is 0 Å². The molecular weight excluding hydrogens is 370 g/mol. The van der Waals surface area contributed by atoms with E-state index in [9.17, 15) is 8.42 Å². The number of methoxy groups -OCH3 is 1. The van der Waals surface area contributed by atoms with Crippen LogP contribution >= 0.6 is 0 Å². The quantitative estimate of drug-likeness (QED) is 0.217. The molecule has 0 amide bonds. The highest BCUT2D eigenvalue weighted by Crippen LogP contribution is 2.11. The number of guanidine groups is 1. The van der Waals surface area contributed by atoms with E-state index in [1.54, 1.807) is 14.2 Å². The minimum absolute atomic E-state index is 0.00264. The predicted octanol–water partition coefficient (Wildman–Crippen LogP) is -0.392. The Labute approximate surface area is 164 Å². The van der Waals surface area contributed by atoms with Gasteiger partial charge in [0.15, 0.2) is 5.96 Å². The van der Waals surface area contributed by atoms with E-state index in [2.05, 4.69) is 32.3 Å². The molecule has 27 heavy (non-hydrogen) atoms. The first-order valence-electron chi connectivity index (χ1n) is 9.68. The van der Waals surface area contributed by atoms with Gasteiger partial charge in [-0.3, -0.25) is 4.99 Å². The van der Waals surface area contributed by atoms with Crippen LogP contribution < -0.4 is 15.4 Å². The summed E-state index contributed by atoms with van der Waals surface area (Å²) in [7, 11) is 2.11. The van der Waals surface area contributed by atoms with Crippen LogP contribution in [0.5, 0.6) is 0 Å². The zero-order chi connectivity index (χ0) is 20.0. The van der Waals surface area contributed by atoms with Crippen molar-refractivity contribution >= 4 is 16.0 Å². The van der Waals surface area contributed by atoms with Gasteiger partial charge in [-0.1, -0.05) is 0 Å². The van der Waals surface area contributed by atoms with Crippen molar-refractivity contribution in [1.29, 1.82) is 0 Å². The van der Waals surface area contributed by atoms with Crippen LogP contribution in [0, 0.1) is 0 Å². The number of likely N-dealkylation sites (N-methyl/N-ethyl adjacent to an activating group) is 1. The lowest BCUT2D eigenvalue weighted by Crippen LogP contribution is -2.44. The third-order valence-electron chi connectivity index (χ3n) is 4.37. The third kappa shape index (κ3) is 12.2. The molecule has 160 valence electrons. The van der Waals surface area contributed by atoms with Crippen molar-refractivity contribution in [3.63, 3.8) is 0 Å². The summed E-state index contributed by atoms with van der Waals surface area (Å²) in [5.41, 5.74) is 0. The Morgan fingerprint density at radius 1 is 1.26 bits per heavy atom. The van der Waals surface area contributed by atoms with Gasteiger partial charge in [-0.05, 0) is 32.7 Å². The van der Waals surface area contributed by atoms with Crippen molar-refractivity contribution < 1.29 is 17.9 Å². The Morgan fingerprint density at radius 2 is 2.04 bits per heavy atom. The third-order valence-corrected chi connectivity index (χ3v) is 5.71. The second-order valence-electron chi connectivity index (χ2n) is 6.73. The molecule has 0 aromatic rings. The Hall–Kier alpha value is -0.940. The molecule has 0 spiro atoms. The highest BCUT2D eigenvalue weighted by molar-refractivity contribution is 7.89. The summed E-state index contributed by atoms with van der Waals surface area (Å²) < 4.78 is 37.4. The molecule has 9 nitrogen and oxygen atoms in total. The van der Waals surface area contributed by atoms with Crippen LogP contribution in [0.2, 0.25) is 0 Å². The minimum Gasteiger partial charge on any atom is -0.385 e. The smallest absolute Gasteiger partial charge is 0.213 e. The SMILES string of the molecule is CN=C(NCCN(C)CCCOC)NCCS(=O)(=O)NCC1CCCCO1. The fraction of sp³-hybridized carbons (Fsp3) is 0.941. The molecule has 0 radical (unpaired) electrons. The topological polar surface area (TPSA) is 104 Å². The van der Waals surface area contributed by atoms with E-state index in [1.165, 1.54) is 0 Å². The van der Waals surface area contributed by atoms with Gasteiger partial charge in [0.1, 0.15) is 0 Å². The zero-order valence-corrected chi connectivity index (χ0v) is 17.8. The van der Waals surface area contributed by atoms with Gasteiger partial charge in [0.05, 0.1) is 11.9 Å². The molecule has 0 saturated carbocycles. The molecule has 1 fully saturated rings. The number of nitrogens with zero attached hydrogens (tertiary/aromatic N) is 2. The predicted molar refractivity (Wildman–Crippen MR) is 109 cm³/mol. The second-order valence-corrected chi connectivity index (χ2v) is 8.66. The lowest BCUT2D eigenvalue weighted by molar-refractivity contribution is 0.0200. The highest BCUT2D eigenvalue weighted by atomic mass is 32.2. The largest absolute Gasteiger partial charge is 0.385 e. The number of nitrogens with one attached hydrogen (secondary N) is 3. The summed E-state index contributed by atoms with van der Waals surface area (Å²) in [5, 5.41) is 6.23. The van der Waals surface area contributed by atoms with Gasteiger partial charge in [0.25, 0.3) is 0 Å². The highest BCUT2D eigenvalue weighted by Gasteiger charge is 2.17. The zero-order valence-electron chi connectivity index (χ0n) is 17.0. The molecule has 1 aliphatic heterocycles. The summed E-state index contributed by atoms with van der Waals surface area (Å²) in [6, 6.07) is 0. The Morgan fingerprint density at radius 3 is 2.70 bits per heavy atom. The van der Waals surface area contributed by atoms with Crippen LogP contribution in [-0.4, -0.2) is 98.3 Å². The van der Waals surface area contributed by atoms with Crippen molar-refractivity contribution in [2.75, 3.05) is 72.9 Å². The summed E-state index contributed by atoms with van der Waals surface area (Å²) in [6.45, 7) is 4.69. The molecule has 1 saturated heterocycles. The van der Waals surface area contributed by atoms with Crippen LogP contribution in [0.3, 0.4) is 0 Å². The molecule has 0 bridgehead atoms. The van der Waals surface area contributed by atoms with Crippen molar-refractivity contribution in [2.24, 2.45) is 4.99 Å². The molecule has 1 atom stereocenters. The number of hydrogen-bond acceptors (Lipinski definition) is 6. The number of hydrogen-bond donors (Lipinski definition) is 3. The van der Waals surface area contributed by atoms with Crippen molar-refractivity contribution in [3.05, 3.63) is 0 Å². The van der Waals surface area contributed by atoms with E-state index in [1.807, 2.05) is 0 Å². The van der Waals surface area contributed by atoms with Crippen LogP contribution in [-0.2, 0) is 19.5 Å². The Bertz CT molecular complexity index is 509. The monoisotopic (exact) mass is 407 g/mol. The molecule has 0 aromatic heterocycles. The van der Waals surface area contributed by atoms with Crippen molar-refractivity contribution in [2.45, 2.75) is 31.8 Å². The number of aliphatic imine (C=N–C) groups is 1. The summed E-state index contributed by atoms with van der Waals surface area (Å²) in [4.78, 5) is 6.33. The lowest BCUT2D eigenvalue weighted by atomic mass is 10.1. The van der Waals surface area contributed by atoms with E-state index >= 15 is 0 Å². The van der Waals surface area contributed by atoms with Crippen LogP contribution in [0.25, 0.3) is 0 Å². The van der Waals surface area contributed by atoms with Crippen molar-refractivity contribution in [3.8, 4) is 0 Å². The minimum atomic E-state index is -3.33. The fourth-order valence-corrected chi connectivity index (χ4v) is 3.70. The normalized spacial score (nSPS) is 18.7. The van der Waals surface area contributed by atoms with Gasteiger partial charge < -0.3 is 25.0 Å².